The molecule has 0 heterocycles. The number of hydrogen-bond acceptors (Lipinski definition) is 6. The number of aliphatic carboxylic acids is 2. The zero-order chi connectivity index (χ0) is 24.3. The molecule has 31 heavy (non-hydrogen) atoms. The van der Waals surface area contributed by atoms with Gasteiger partial charge in [0.15, 0.2) is 0 Å². The van der Waals surface area contributed by atoms with E-state index in [-0.39, 0.29) is 18.3 Å². The Kier molecular flexibility index (Phi) is 12.4. The van der Waals surface area contributed by atoms with Gasteiger partial charge < -0.3 is 31.9 Å². The van der Waals surface area contributed by atoms with Crippen LogP contribution in [0.2, 0.25) is 0 Å². The first kappa shape index (κ1) is 28.3. The lowest BCUT2D eigenvalue weighted by atomic mass is 10.0. The number of amides is 3. The normalized spacial score (nSPS) is 15.0. The van der Waals surface area contributed by atoms with Crippen molar-refractivity contribution in [3.05, 3.63) is 0 Å². The number of nitrogens with one attached hydrogen (secondary N) is 3. The minimum atomic E-state index is -1.40. The van der Waals surface area contributed by atoms with Crippen molar-refractivity contribution in [2.45, 2.75) is 84.5 Å². The van der Waals surface area contributed by atoms with E-state index >= 15 is 0 Å². The van der Waals surface area contributed by atoms with E-state index < -0.39 is 60.2 Å². The van der Waals surface area contributed by atoms with E-state index in [0.29, 0.717) is 12.8 Å². The van der Waals surface area contributed by atoms with E-state index in [1.165, 1.54) is 6.92 Å². The number of carbonyl (C=O) groups excluding carboxylic acids is 3. The van der Waals surface area contributed by atoms with Crippen LogP contribution in [0.4, 0.5) is 0 Å². The molecule has 0 aliphatic rings. The Hall–Kier alpha value is -2.69. The van der Waals surface area contributed by atoms with E-state index in [4.69, 9.17) is 15.9 Å². The molecule has 0 bridgehead atoms. The lowest BCUT2D eigenvalue weighted by Gasteiger charge is -2.25. The second kappa shape index (κ2) is 13.6. The standard InChI is InChI=1S/C20H36N4O7/c1-10(2)8-13(21)18(28)24-15(9-11(3)4)19(29)22-12(5)17(27)23-14(20(30)31)6-7-16(25)26/h10-15H,6-9,21H2,1-5H3,(H,22,29)(H,23,27)(H,24,28)(H,25,26)(H,30,31)/t12-,13-,14-,15-/m0/s1. The fourth-order valence-corrected chi connectivity index (χ4v) is 2.80. The summed E-state index contributed by atoms with van der Waals surface area (Å²) in [5.41, 5.74) is 5.87. The highest BCUT2D eigenvalue weighted by molar-refractivity contribution is 5.93. The predicted molar refractivity (Wildman–Crippen MR) is 113 cm³/mol. The minimum absolute atomic E-state index is 0.0638. The van der Waals surface area contributed by atoms with Crippen LogP contribution in [0.5, 0.6) is 0 Å². The summed E-state index contributed by atoms with van der Waals surface area (Å²) in [6, 6.07) is -4.18. The Balaban J connectivity index is 5.05. The summed E-state index contributed by atoms with van der Waals surface area (Å²) < 4.78 is 0. The molecule has 0 saturated carbocycles. The van der Waals surface area contributed by atoms with Crippen molar-refractivity contribution >= 4 is 29.7 Å². The zero-order valence-electron chi connectivity index (χ0n) is 18.8. The van der Waals surface area contributed by atoms with E-state index in [2.05, 4.69) is 16.0 Å². The first-order valence-corrected chi connectivity index (χ1v) is 10.4. The molecule has 178 valence electrons. The number of rotatable bonds is 14. The number of hydrogen-bond donors (Lipinski definition) is 6. The molecule has 0 saturated heterocycles. The maximum Gasteiger partial charge on any atom is 0.326 e. The Morgan fingerprint density at radius 3 is 1.71 bits per heavy atom. The first-order chi connectivity index (χ1) is 14.2. The van der Waals surface area contributed by atoms with Gasteiger partial charge >= 0.3 is 11.9 Å². The third-order valence-electron chi connectivity index (χ3n) is 4.42. The van der Waals surface area contributed by atoms with Crippen LogP contribution in [0.1, 0.15) is 60.3 Å². The van der Waals surface area contributed by atoms with Crippen LogP contribution in [0, 0.1) is 11.8 Å². The molecule has 0 unspecified atom stereocenters. The van der Waals surface area contributed by atoms with Gasteiger partial charge in [-0.25, -0.2) is 4.79 Å². The molecule has 0 radical (unpaired) electrons. The molecule has 0 aliphatic heterocycles. The molecule has 0 fully saturated rings. The molecule has 0 aromatic heterocycles. The minimum Gasteiger partial charge on any atom is -0.481 e. The predicted octanol–water partition coefficient (Wildman–Crippen LogP) is -0.170. The zero-order valence-corrected chi connectivity index (χ0v) is 18.8. The van der Waals surface area contributed by atoms with Crippen LogP contribution in [-0.2, 0) is 24.0 Å². The van der Waals surface area contributed by atoms with Crippen molar-refractivity contribution in [3.8, 4) is 0 Å². The summed E-state index contributed by atoms with van der Waals surface area (Å²) in [4.78, 5) is 59.2. The summed E-state index contributed by atoms with van der Waals surface area (Å²) >= 11 is 0. The van der Waals surface area contributed by atoms with Crippen LogP contribution >= 0.6 is 0 Å². The molecule has 7 N–H and O–H groups in total. The molecule has 3 amide bonds. The average Bonchev–Trinajstić information content (AvgIpc) is 2.62. The Labute approximate surface area is 182 Å². The third-order valence-corrected chi connectivity index (χ3v) is 4.42. The van der Waals surface area contributed by atoms with Gasteiger partial charge in [-0.2, -0.15) is 0 Å². The quantitative estimate of drug-likeness (QED) is 0.213. The van der Waals surface area contributed by atoms with E-state index in [0.717, 1.165) is 0 Å². The average molecular weight is 445 g/mol. The van der Waals surface area contributed by atoms with Gasteiger partial charge in [0, 0.05) is 6.42 Å². The smallest absolute Gasteiger partial charge is 0.326 e. The fourth-order valence-electron chi connectivity index (χ4n) is 2.80. The Morgan fingerprint density at radius 1 is 0.742 bits per heavy atom. The highest BCUT2D eigenvalue weighted by atomic mass is 16.4. The van der Waals surface area contributed by atoms with Crippen molar-refractivity contribution < 1.29 is 34.2 Å². The van der Waals surface area contributed by atoms with Crippen LogP contribution in [0.15, 0.2) is 0 Å². The van der Waals surface area contributed by atoms with E-state index in [9.17, 15) is 24.0 Å². The van der Waals surface area contributed by atoms with Crippen LogP contribution in [0.3, 0.4) is 0 Å². The van der Waals surface area contributed by atoms with Crippen LogP contribution in [0.25, 0.3) is 0 Å². The largest absolute Gasteiger partial charge is 0.481 e. The molecule has 0 aromatic carbocycles. The third kappa shape index (κ3) is 11.9. The summed E-state index contributed by atoms with van der Waals surface area (Å²) in [5, 5.41) is 25.1. The highest BCUT2D eigenvalue weighted by Crippen LogP contribution is 2.08. The number of carbonyl (C=O) groups is 5. The van der Waals surface area contributed by atoms with Crippen LogP contribution in [-0.4, -0.2) is 64.0 Å². The summed E-state index contributed by atoms with van der Waals surface area (Å²) in [6.45, 7) is 8.95. The fraction of sp³-hybridized carbons (Fsp3) is 0.750. The number of carboxylic acid groups (broad SMARTS) is 2. The van der Waals surface area contributed by atoms with Crippen LogP contribution < -0.4 is 21.7 Å². The van der Waals surface area contributed by atoms with Gasteiger partial charge in [-0.3, -0.25) is 19.2 Å². The lowest BCUT2D eigenvalue weighted by Crippen LogP contribution is -2.56. The Morgan fingerprint density at radius 2 is 1.26 bits per heavy atom. The van der Waals surface area contributed by atoms with Crippen molar-refractivity contribution in [2.24, 2.45) is 17.6 Å². The molecule has 11 nitrogen and oxygen atoms in total. The maximum absolute atomic E-state index is 12.7. The molecule has 0 rings (SSSR count). The van der Waals surface area contributed by atoms with Gasteiger partial charge in [0.2, 0.25) is 17.7 Å². The molecule has 4 atom stereocenters. The molecule has 0 aliphatic carbocycles. The molecular formula is C20H36N4O7. The van der Waals surface area contributed by atoms with Gasteiger partial charge in [0.1, 0.15) is 18.1 Å². The summed E-state index contributed by atoms with van der Waals surface area (Å²) in [7, 11) is 0. The van der Waals surface area contributed by atoms with Crippen molar-refractivity contribution in [3.63, 3.8) is 0 Å². The monoisotopic (exact) mass is 444 g/mol. The maximum atomic E-state index is 12.7. The van der Waals surface area contributed by atoms with E-state index in [1.807, 2.05) is 27.7 Å². The molecular weight excluding hydrogens is 408 g/mol. The number of carboxylic acids is 2. The van der Waals surface area contributed by atoms with Gasteiger partial charge in [-0.1, -0.05) is 27.7 Å². The molecule has 0 spiro atoms. The second-order valence-corrected chi connectivity index (χ2v) is 8.49. The second-order valence-electron chi connectivity index (χ2n) is 8.49. The summed E-state index contributed by atoms with van der Waals surface area (Å²) in [5.74, 6) is -4.15. The van der Waals surface area contributed by atoms with Gasteiger partial charge in [-0.15, -0.1) is 0 Å². The lowest BCUT2D eigenvalue weighted by molar-refractivity contribution is -0.143. The highest BCUT2D eigenvalue weighted by Gasteiger charge is 2.29. The van der Waals surface area contributed by atoms with Gasteiger partial charge in [0.25, 0.3) is 0 Å². The number of nitrogens with two attached hydrogens (primary N) is 1. The van der Waals surface area contributed by atoms with Gasteiger partial charge in [0.05, 0.1) is 6.04 Å². The van der Waals surface area contributed by atoms with Gasteiger partial charge in [-0.05, 0) is 38.0 Å². The topological polar surface area (TPSA) is 188 Å². The summed E-state index contributed by atoms with van der Waals surface area (Å²) in [6.07, 6.45) is 0.0399. The molecule has 11 heteroatoms. The van der Waals surface area contributed by atoms with Crippen molar-refractivity contribution in [1.82, 2.24) is 16.0 Å². The van der Waals surface area contributed by atoms with Crippen molar-refractivity contribution in [2.75, 3.05) is 0 Å². The van der Waals surface area contributed by atoms with Crippen molar-refractivity contribution in [1.29, 1.82) is 0 Å². The Bertz CT molecular complexity index is 651. The SMILES string of the molecule is CC(C)C[C@H](NC(=O)[C@@H](N)CC(C)C)C(=O)N[C@@H](C)C(=O)N[C@@H](CCC(=O)O)C(=O)O. The first-order valence-electron chi connectivity index (χ1n) is 10.4. The van der Waals surface area contributed by atoms with E-state index in [1.54, 1.807) is 0 Å². The molecule has 0 aromatic rings.